The van der Waals surface area contributed by atoms with E-state index < -0.39 is 98.0 Å². The van der Waals surface area contributed by atoms with Crippen molar-refractivity contribution in [1.29, 1.82) is 0 Å². The summed E-state index contributed by atoms with van der Waals surface area (Å²) < 4.78 is 38.1. The Morgan fingerprint density at radius 1 is 0.671 bits per heavy atom. The lowest BCUT2D eigenvalue weighted by Crippen LogP contribution is -2.67. The molecule has 12 unspecified atom stereocenters. The fraction of sp³-hybridized carbons (Fsp3) is 0.776. The smallest absolute Gasteiger partial charge is 0.230 e. The quantitative estimate of drug-likeness (QED) is 0.0959. The Balaban J connectivity index is 0.887. The van der Waals surface area contributed by atoms with Crippen LogP contribution in [0.3, 0.4) is 0 Å². The van der Waals surface area contributed by atoms with E-state index in [0.717, 1.165) is 80.7 Å². The highest BCUT2D eigenvalue weighted by Crippen LogP contribution is 2.78. The van der Waals surface area contributed by atoms with Crippen LogP contribution in [0.2, 0.25) is 0 Å². The monoisotopic (exact) mass is 1020 g/mol. The number of carbonyl (C=O) groups excluding carboxylic acids is 1. The maximum absolute atomic E-state index is 15.0. The van der Waals surface area contributed by atoms with E-state index in [1.807, 2.05) is 18.2 Å². The lowest BCUT2D eigenvalue weighted by atomic mass is 9.32. The summed E-state index contributed by atoms with van der Waals surface area (Å²) in [5, 5.41) is 80.7. The Labute approximate surface area is 431 Å². The van der Waals surface area contributed by atoms with Crippen molar-refractivity contribution in [2.75, 3.05) is 11.9 Å². The zero-order valence-electron chi connectivity index (χ0n) is 44.3. The number of hydrogen-bond acceptors (Lipinski definition) is 14. The van der Waals surface area contributed by atoms with Crippen LogP contribution in [0.25, 0.3) is 10.8 Å². The summed E-state index contributed by atoms with van der Waals surface area (Å²) in [6, 6.07) is 14.5. The van der Waals surface area contributed by atoms with Gasteiger partial charge in [-0.25, -0.2) is 0 Å². The number of anilines is 1. The van der Waals surface area contributed by atoms with Crippen molar-refractivity contribution in [3.63, 3.8) is 0 Å². The van der Waals surface area contributed by atoms with Gasteiger partial charge in [0.15, 0.2) is 18.9 Å². The summed E-state index contributed by atoms with van der Waals surface area (Å²) in [5.41, 5.74) is 1.26. The van der Waals surface area contributed by atoms with E-state index >= 15 is 0 Å². The first-order valence-electron chi connectivity index (χ1n) is 27.6. The minimum atomic E-state index is -1.61. The lowest BCUT2D eigenvalue weighted by molar-refractivity contribution is -0.375. The van der Waals surface area contributed by atoms with Gasteiger partial charge in [0, 0.05) is 12.1 Å². The third kappa shape index (κ3) is 8.69. The Kier molecular flexibility index (Phi) is 14.5. The van der Waals surface area contributed by atoms with Crippen LogP contribution in [0.5, 0.6) is 0 Å². The van der Waals surface area contributed by atoms with Crippen LogP contribution in [0.1, 0.15) is 126 Å². The average molecular weight is 1020 g/mol. The second kappa shape index (κ2) is 19.7. The maximum Gasteiger partial charge on any atom is 0.230 e. The maximum atomic E-state index is 15.0. The first kappa shape index (κ1) is 53.8. The fourth-order valence-electron chi connectivity index (χ4n) is 17.4. The zero-order valence-corrected chi connectivity index (χ0v) is 44.3. The van der Waals surface area contributed by atoms with Gasteiger partial charge >= 0.3 is 0 Å². The summed E-state index contributed by atoms with van der Waals surface area (Å²) in [6.45, 7) is 21.7. The van der Waals surface area contributed by atoms with Gasteiger partial charge in [0.2, 0.25) is 5.91 Å². The normalized spacial score (nSPS) is 49.5. The predicted molar refractivity (Wildman–Crippen MR) is 271 cm³/mol. The molecule has 0 aromatic heterocycles. The molecular formula is C58H85NO14. The van der Waals surface area contributed by atoms with Crippen LogP contribution < -0.4 is 5.32 Å². The number of nitrogens with one attached hydrogen (secondary N) is 1. The van der Waals surface area contributed by atoms with Crippen LogP contribution in [-0.2, 0) is 33.2 Å². The molecule has 15 heteroatoms. The number of aliphatic hydroxyl groups excluding tert-OH is 7. The van der Waals surface area contributed by atoms with Gasteiger partial charge in [0.1, 0.15) is 48.8 Å². The van der Waals surface area contributed by atoms with E-state index in [1.165, 1.54) is 5.57 Å². The number of hydrogen-bond donors (Lipinski definition) is 8. The van der Waals surface area contributed by atoms with Gasteiger partial charge in [-0.1, -0.05) is 77.1 Å². The molecule has 2 aromatic carbocycles. The Morgan fingerprint density at radius 2 is 1.32 bits per heavy atom. The summed E-state index contributed by atoms with van der Waals surface area (Å²) in [7, 11) is 0. The minimum absolute atomic E-state index is 0.00317. The molecule has 2 aromatic rings. The van der Waals surface area contributed by atoms with Crippen LogP contribution in [0.4, 0.5) is 5.69 Å². The molecule has 0 radical (unpaired) electrons. The molecule has 8 N–H and O–H groups in total. The lowest BCUT2D eigenvalue weighted by Gasteiger charge is -2.73. The molecule has 5 saturated carbocycles. The predicted octanol–water partition coefficient (Wildman–Crippen LogP) is 6.35. The summed E-state index contributed by atoms with van der Waals surface area (Å²) in [5.74, 6) is 1.78. The van der Waals surface area contributed by atoms with Crippen molar-refractivity contribution in [3.05, 3.63) is 54.6 Å². The number of allylic oxidation sites excluding steroid dienone is 1. The van der Waals surface area contributed by atoms with Gasteiger partial charge in [0.05, 0.1) is 36.4 Å². The molecule has 8 aliphatic rings. The average Bonchev–Trinajstić information content (AvgIpc) is 3.77. The Bertz CT molecular complexity index is 2350. The number of amides is 1. The number of carbonyl (C=O) groups is 1. The Hall–Kier alpha value is -2.61. The molecule has 406 valence electrons. The van der Waals surface area contributed by atoms with Crippen molar-refractivity contribution in [1.82, 2.24) is 0 Å². The molecule has 8 fully saturated rings. The van der Waals surface area contributed by atoms with Gasteiger partial charge < -0.3 is 69.5 Å². The number of ether oxygens (including phenoxy) is 6. The van der Waals surface area contributed by atoms with E-state index in [4.69, 9.17) is 28.4 Å². The fourth-order valence-corrected chi connectivity index (χ4v) is 17.4. The molecule has 10 rings (SSSR count). The SMILES string of the molecule is C=C(C)[C@@H]1CC[C@]2(C(=O)Nc3ccc4ccccc4c3)CC[C@]3(C)C(CCC4[C@@]5(C)CC[C@H](O[C@@H]6OC(CO)[C@@H](O[C@@H]7OC(C)C(O)[C@H](O)C7O)CC6O[C@@H]6OC(C)C(O)[C@H](O)C6O)C(C)(C)C5CC[C@]43C)C12. The highest BCUT2D eigenvalue weighted by Gasteiger charge is 2.72. The van der Waals surface area contributed by atoms with E-state index in [9.17, 15) is 40.5 Å². The summed E-state index contributed by atoms with van der Waals surface area (Å²) in [6.07, 6.45) is -8.32. The van der Waals surface area contributed by atoms with Gasteiger partial charge in [-0.3, -0.25) is 4.79 Å². The van der Waals surface area contributed by atoms with Gasteiger partial charge in [-0.2, -0.15) is 0 Å². The first-order chi connectivity index (χ1) is 34.5. The largest absolute Gasteiger partial charge is 0.394 e. The number of fused-ring (bicyclic) bond motifs is 8. The first-order valence-corrected chi connectivity index (χ1v) is 27.6. The van der Waals surface area contributed by atoms with Crippen molar-refractivity contribution >= 4 is 22.4 Å². The summed E-state index contributed by atoms with van der Waals surface area (Å²) >= 11 is 0. The molecule has 3 aliphatic heterocycles. The van der Waals surface area contributed by atoms with Crippen molar-refractivity contribution in [2.24, 2.45) is 56.7 Å². The molecule has 5 aliphatic carbocycles. The molecule has 0 bridgehead atoms. The third-order valence-corrected chi connectivity index (χ3v) is 21.7. The number of aliphatic hydroxyl groups is 7. The van der Waals surface area contributed by atoms with E-state index in [2.05, 4.69) is 77.7 Å². The molecule has 0 spiro atoms. The zero-order chi connectivity index (χ0) is 52.3. The second-order valence-electron chi connectivity index (χ2n) is 25.5. The van der Waals surface area contributed by atoms with Crippen molar-refractivity contribution in [2.45, 2.75) is 218 Å². The van der Waals surface area contributed by atoms with Gasteiger partial charge in [0.25, 0.3) is 0 Å². The van der Waals surface area contributed by atoms with Crippen molar-refractivity contribution in [3.8, 4) is 0 Å². The van der Waals surface area contributed by atoms with E-state index in [-0.39, 0.29) is 51.9 Å². The molecule has 24 atom stereocenters. The van der Waals surface area contributed by atoms with Crippen LogP contribution in [-0.4, -0.2) is 140 Å². The third-order valence-electron chi connectivity index (χ3n) is 21.7. The Morgan fingerprint density at radius 3 is 1.96 bits per heavy atom. The minimum Gasteiger partial charge on any atom is -0.394 e. The van der Waals surface area contributed by atoms with Crippen molar-refractivity contribution < 1.29 is 69.0 Å². The van der Waals surface area contributed by atoms with E-state index in [1.54, 1.807) is 13.8 Å². The van der Waals surface area contributed by atoms with Crippen LogP contribution >= 0.6 is 0 Å². The van der Waals surface area contributed by atoms with Gasteiger partial charge in [-0.05, 0) is 159 Å². The number of benzene rings is 2. The molecule has 1 amide bonds. The van der Waals surface area contributed by atoms with Gasteiger partial charge in [-0.15, -0.1) is 0 Å². The van der Waals surface area contributed by atoms with Crippen LogP contribution in [0.15, 0.2) is 54.6 Å². The molecule has 73 heavy (non-hydrogen) atoms. The highest BCUT2D eigenvalue weighted by molar-refractivity contribution is 5.98. The van der Waals surface area contributed by atoms with E-state index in [0.29, 0.717) is 17.8 Å². The molecule has 15 nitrogen and oxygen atoms in total. The number of rotatable bonds is 10. The molecular weight excluding hydrogens is 935 g/mol. The van der Waals surface area contributed by atoms with Crippen LogP contribution in [0, 0.1) is 56.7 Å². The molecule has 3 heterocycles. The summed E-state index contributed by atoms with van der Waals surface area (Å²) in [4.78, 5) is 15.0. The standard InChI is InChI=1S/C58H85NO14/c1-29(2)35-18-23-58(53(67)59-34-15-14-32-12-10-11-13-33(32)26-34)25-24-56(8)36(43(35)58)16-17-41-55(7)21-20-42(54(5,6)40(55)19-22-57(41,56)9)73-50-38(71-52-49(66)47(64)45(62)31(4)69-52)27-37(39(28-60)72-50)70-51-48(65)46(63)44(61)30(3)68-51/h10-15,26,30-31,35-52,60-66H,1,16-25,27-28H2,2-9H3,(H,59,67)/t30?,31?,35-,36?,37-,38?,39?,40?,41?,42-,43?,44?,45?,46-,47-,48?,49?,50-,51-,52-,55-,56+,57+,58-/m0/s1. The molecule has 3 saturated heterocycles. The highest BCUT2D eigenvalue weighted by atomic mass is 16.8. The topological polar surface area (TPSA) is 226 Å². The second-order valence-corrected chi connectivity index (χ2v) is 25.5.